The lowest BCUT2D eigenvalue weighted by Crippen LogP contribution is -2.51. The van der Waals surface area contributed by atoms with Crippen molar-refractivity contribution < 1.29 is 24.2 Å². The molecule has 1 aromatic rings. The molecule has 26 heavy (non-hydrogen) atoms. The van der Waals surface area contributed by atoms with E-state index in [2.05, 4.69) is 19.1 Å². The molecule has 0 aromatic heterocycles. The zero-order valence-corrected chi connectivity index (χ0v) is 16.2. The van der Waals surface area contributed by atoms with E-state index in [1.54, 1.807) is 4.90 Å². The summed E-state index contributed by atoms with van der Waals surface area (Å²) in [5.41, 5.74) is 0.800. The Labute approximate surface area is 155 Å². The van der Waals surface area contributed by atoms with Gasteiger partial charge in [-0.25, -0.2) is 4.79 Å². The molecule has 1 aromatic carbocycles. The van der Waals surface area contributed by atoms with E-state index in [-0.39, 0.29) is 18.3 Å². The molecule has 1 N–H and O–H groups in total. The van der Waals surface area contributed by atoms with Crippen LogP contribution in [0.5, 0.6) is 0 Å². The maximum absolute atomic E-state index is 12.3. The lowest BCUT2D eigenvalue weighted by atomic mass is 9.81. The average molecular weight is 363 g/mol. The first-order chi connectivity index (χ1) is 12.1. The minimum Gasteiger partial charge on any atom is -0.444 e. The summed E-state index contributed by atoms with van der Waals surface area (Å²) < 4.78 is 5.46. The Morgan fingerprint density at radius 3 is 2.50 bits per heavy atom. The van der Waals surface area contributed by atoms with Gasteiger partial charge < -0.3 is 14.7 Å². The zero-order valence-electron chi connectivity index (χ0n) is 16.2. The van der Waals surface area contributed by atoms with E-state index < -0.39 is 11.2 Å². The Bertz CT molecular complexity index is 646. The maximum atomic E-state index is 12.3. The van der Waals surface area contributed by atoms with E-state index >= 15 is 0 Å². The third-order valence-electron chi connectivity index (χ3n) is 4.43. The van der Waals surface area contributed by atoms with Gasteiger partial charge in [0.25, 0.3) is 0 Å². The van der Waals surface area contributed by atoms with E-state index in [9.17, 15) is 9.90 Å². The number of nitrogens with zero attached hydrogens (tertiary/aromatic N) is 1. The minimum absolute atomic E-state index is 0.0612. The van der Waals surface area contributed by atoms with E-state index in [1.165, 1.54) is 5.56 Å². The van der Waals surface area contributed by atoms with Crippen LogP contribution in [0.4, 0.5) is 4.79 Å². The van der Waals surface area contributed by atoms with Crippen LogP contribution in [0.15, 0.2) is 24.3 Å². The van der Waals surface area contributed by atoms with Crippen LogP contribution in [0.3, 0.4) is 0 Å². The van der Waals surface area contributed by atoms with E-state index in [4.69, 9.17) is 14.3 Å². The number of aryl methyl sites for hydroxylation is 1. The smallest absolute Gasteiger partial charge is 0.410 e. The molecule has 1 fully saturated rings. The van der Waals surface area contributed by atoms with Crippen LogP contribution in [-0.4, -0.2) is 40.4 Å². The van der Waals surface area contributed by atoms with E-state index in [1.807, 2.05) is 39.8 Å². The molecule has 2 rings (SSSR count). The van der Waals surface area contributed by atoms with Crippen LogP contribution in [-0.2, 0) is 26.3 Å². The Kier molecular flexibility index (Phi) is 7.54. The van der Waals surface area contributed by atoms with Gasteiger partial charge in [-0.1, -0.05) is 31.2 Å². The van der Waals surface area contributed by atoms with Crippen molar-refractivity contribution in [1.29, 1.82) is 0 Å². The number of amides is 1. The number of carbonyl (C=O) groups is 1. The molecular weight excluding hydrogens is 334 g/mol. The van der Waals surface area contributed by atoms with Crippen LogP contribution in [0.1, 0.15) is 58.6 Å². The highest BCUT2D eigenvalue weighted by Gasteiger charge is 2.40. The number of likely N-dealkylation sites (tertiary alicyclic amines) is 1. The number of carbonyl (C=O) groups excluding carboxylic acids is 3. The predicted molar refractivity (Wildman–Crippen MR) is 96.4 cm³/mol. The first-order valence-electron chi connectivity index (χ1n) is 8.87. The van der Waals surface area contributed by atoms with E-state index in [0.717, 1.165) is 12.0 Å². The molecule has 0 saturated carbocycles. The van der Waals surface area contributed by atoms with Gasteiger partial charge in [-0.2, -0.15) is 9.59 Å². The van der Waals surface area contributed by atoms with Gasteiger partial charge in [0.2, 0.25) is 0 Å². The lowest BCUT2D eigenvalue weighted by Gasteiger charge is -2.43. The molecule has 6 heteroatoms. The fourth-order valence-corrected chi connectivity index (χ4v) is 3.16. The number of ether oxygens (including phenoxy) is 1. The highest BCUT2D eigenvalue weighted by molar-refractivity contribution is 5.68. The van der Waals surface area contributed by atoms with Gasteiger partial charge in [-0.05, 0) is 51.7 Å². The summed E-state index contributed by atoms with van der Waals surface area (Å²) in [6, 6.07) is 8.07. The molecule has 1 aliphatic heterocycles. The Morgan fingerprint density at radius 1 is 1.38 bits per heavy atom. The fraction of sp³-hybridized carbons (Fsp3) is 0.600. The van der Waals surface area contributed by atoms with E-state index in [0.29, 0.717) is 19.4 Å². The quantitative estimate of drug-likeness (QED) is 0.872. The van der Waals surface area contributed by atoms with Gasteiger partial charge in [0.15, 0.2) is 0 Å². The topological polar surface area (TPSA) is 83.9 Å². The number of benzene rings is 1. The van der Waals surface area contributed by atoms with Crippen LogP contribution < -0.4 is 0 Å². The first-order valence-corrected chi connectivity index (χ1v) is 8.87. The molecule has 6 nitrogen and oxygen atoms in total. The van der Waals surface area contributed by atoms with Crippen LogP contribution >= 0.6 is 0 Å². The first kappa shape index (κ1) is 21.9. The molecular formula is C20H29NO5. The lowest BCUT2D eigenvalue weighted by molar-refractivity contribution is -0.191. The fourth-order valence-electron chi connectivity index (χ4n) is 3.16. The van der Waals surface area contributed by atoms with Crippen molar-refractivity contribution in [1.82, 2.24) is 4.90 Å². The summed E-state index contributed by atoms with van der Waals surface area (Å²) in [6.45, 7) is 10.2. The molecule has 0 aliphatic carbocycles. The molecule has 0 bridgehead atoms. The van der Waals surface area contributed by atoms with Crippen molar-refractivity contribution in [2.45, 2.75) is 71.1 Å². The van der Waals surface area contributed by atoms with Gasteiger partial charge in [0.1, 0.15) is 5.60 Å². The van der Waals surface area contributed by atoms with Crippen molar-refractivity contribution in [2.75, 3.05) is 6.54 Å². The second-order valence-corrected chi connectivity index (χ2v) is 7.65. The molecule has 1 amide bonds. The summed E-state index contributed by atoms with van der Waals surface area (Å²) in [6.07, 6.45) is 1.96. The summed E-state index contributed by atoms with van der Waals surface area (Å²) in [7, 11) is 0. The van der Waals surface area contributed by atoms with Crippen molar-refractivity contribution in [3.8, 4) is 0 Å². The van der Waals surface area contributed by atoms with Crippen molar-refractivity contribution in [2.24, 2.45) is 0 Å². The summed E-state index contributed by atoms with van der Waals surface area (Å²) in [5, 5.41) is 11.1. The van der Waals surface area contributed by atoms with Crippen molar-refractivity contribution in [3.05, 3.63) is 35.4 Å². The third kappa shape index (κ3) is 5.97. The molecule has 0 radical (unpaired) electrons. The highest BCUT2D eigenvalue weighted by atomic mass is 16.6. The molecule has 2 unspecified atom stereocenters. The number of hydrogen-bond donors (Lipinski definition) is 1. The Hall–Kier alpha value is -2.17. The standard InChI is InChI=1S/C19H29NO3.CO2/c1-6-15-8-7-9-16(12-15)19(22)10-11-20(14(2)13-19)17(21)23-18(3,4)5;2-1-3/h7-9,12,14,22H,6,10-11,13H2,1-5H3;. The number of hydrogen-bond acceptors (Lipinski definition) is 5. The summed E-state index contributed by atoms with van der Waals surface area (Å²) in [5.74, 6) is 0. The number of rotatable bonds is 2. The van der Waals surface area contributed by atoms with Gasteiger partial charge in [0.05, 0.1) is 5.60 Å². The van der Waals surface area contributed by atoms with Gasteiger partial charge in [-0.15, -0.1) is 0 Å². The zero-order chi connectivity index (χ0) is 20.0. The average Bonchev–Trinajstić information content (AvgIpc) is 2.54. The molecule has 1 saturated heterocycles. The molecule has 1 heterocycles. The molecule has 1 aliphatic rings. The van der Waals surface area contributed by atoms with Crippen molar-refractivity contribution in [3.63, 3.8) is 0 Å². The van der Waals surface area contributed by atoms with Gasteiger partial charge in [-0.3, -0.25) is 0 Å². The highest BCUT2D eigenvalue weighted by Crippen LogP contribution is 2.36. The number of piperidine rings is 1. The molecule has 2 atom stereocenters. The Morgan fingerprint density at radius 2 is 2.00 bits per heavy atom. The second kappa shape index (κ2) is 8.97. The summed E-state index contributed by atoms with van der Waals surface area (Å²) >= 11 is 0. The van der Waals surface area contributed by atoms with Crippen molar-refractivity contribution >= 4 is 12.2 Å². The third-order valence-corrected chi connectivity index (χ3v) is 4.43. The van der Waals surface area contributed by atoms with Gasteiger partial charge >= 0.3 is 12.2 Å². The van der Waals surface area contributed by atoms with Crippen LogP contribution in [0.2, 0.25) is 0 Å². The molecule has 0 spiro atoms. The SMILES string of the molecule is CCc1cccc(C2(O)CCN(C(=O)OC(C)(C)C)C(C)C2)c1.O=C=O. The van der Waals surface area contributed by atoms with Gasteiger partial charge in [0, 0.05) is 19.0 Å². The maximum Gasteiger partial charge on any atom is 0.410 e. The largest absolute Gasteiger partial charge is 0.444 e. The minimum atomic E-state index is -0.872. The second-order valence-electron chi connectivity index (χ2n) is 7.65. The molecule has 144 valence electrons. The monoisotopic (exact) mass is 363 g/mol. The Balaban J connectivity index is 0.00000105. The van der Waals surface area contributed by atoms with Crippen LogP contribution in [0.25, 0.3) is 0 Å². The summed E-state index contributed by atoms with van der Waals surface area (Å²) in [4.78, 5) is 30.3. The number of aliphatic hydroxyl groups is 1. The normalized spacial score (nSPS) is 22.7. The predicted octanol–water partition coefficient (Wildman–Crippen LogP) is 3.27. The van der Waals surface area contributed by atoms with Crippen LogP contribution in [0, 0.1) is 0 Å².